The van der Waals surface area contributed by atoms with Gasteiger partial charge in [-0.2, -0.15) is 0 Å². The molecule has 0 amide bonds. The van der Waals surface area contributed by atoms with Crippen molar-refractivity contribution in [1.82, 2.24) is 0 Å². The van der Waals surface area contributed by atoms with E-state index in [1.165, 1.54) is 0 Å². The van der Waals surface area contributed by atoms with Crippen molar-refractivity contribution in [3.63, 3.8) is 0 Å². The van der Waals surface area contributed by atoms with Gasteiger partial charge in [-0.1, -0.05) is 6.08 Å². The molecule has 0 aromatic rings. The van der Waals surface area contributed by atoms with Crippen molar-refractivity contribution in [1.29, 1.82) is 0 Å². The molecule has 0 N–H and O–H groups in total. The molecule has 0 aromatic carbocycles. The third-order valence-electron chi connectivity index (χ3n) is 2.81. The average molecular weight is 226 g/mol. The van der Waals surface area contributed by atoms with Crippen LogP contribution in [0.5, 0.6) is 0 Å². The van der Waals surface area contributed by atoms with E-state index >= 15 is 0 Å². The van der Waals surface area contributed by atoms with Gasteiger partial charge in [0.2, 0.25) is 0 Å². The molecule has 2 aliphatic rings. The van der Waals surface area contributed by atoms with Crippen LogP contribution in [0.25, 0.3) is 0 Å². The number of carbonyl (C=O) groups is 1. The molecule has 1 aliphatic carbocycles. The standard InChI is InChI=1S/C11H18O3Si/c1-8(12)10-7-9-5-6-13-11(9,10)14-15(2,3)4/h7,9H,5-6H2,1-4H3/t9-,11+/m0/s1. The van der Waals surface area contributed by atoms with Crippen molar-refractivity contribution in [2.75, 3.05) is 6.61 Å². The Hall–Kier alpha value is -0.453. The molecular formula is C11H18O3Si. The van der Waals surface area contributed by atoms with Crippen molar-refractivity contribution in [3.05, 3.63) is 11.6 Å². The molecule has 1 saturated heterocycles. The molecule has 2 atom stereocenters. The van der Waals surface area contributed by atoms with Crippen molar-refractivity contribution < 1.29 is 14.0 Å². The molecule has 0 aromatic heterocycles. The van der Waals surface area contributed by atoms with Crippen LogP contribution in [0.3, 0.4) is 0 Å². The van der Waals surface area contributed by atoms with Crippen LogP contribution in [-0.2, 0) is 14.0 Å². The molecule has 0 unspecified atom stereocenters. The molecule has 15 heavy (non-hydrogen) atoms. The summed E-state index contributed by atoms with van der Waals surface area (Å²) in [7, 11) is -1.69. The zero-order valence-electron chi connectivity index (χ0n) is 9.79. The number of ketones is 1. The lowest BCUT2D eigenvalue weighted by Crippen LogP contribution is -2.54. The number of ether oxygens (including phenoxy) is 1. The summed E-state index contributed by atoms with van der Waals surface area (Å²) in [5, 5.41) is 0. The van der Waals surface area contributed by atoms with Crippen LogP contribution in [0.1, 0.15) is 13.3 Å². The van der Waals surface area contributed by atoms with Gasteiger partial charge in [0.05, 0.1) is 6.61 Å². The lowest BCUT2D eigenvalue weighted by Gasteiger charge is -2.45. The summed E-state index contributed by atoms with van der Waals surface area (Å²) in [4.78, 5) is 11.4. The molecule has 84 valence electrons. The molecule has 1 heterocycles. The maximum atomic E-state index is 11.4. The minimum atomic E-state index is -1.69. The highest BCUT2D eigenvalue weighted by molar-refractivity contribution is 6.69. The van der Waals surface area contributed by atoms with Gasteiger partial charge in [-0.15, -0.1) is 0 Å². The first-order chi connectivity index (χ1) is 6.85. The first-order valence-electron chi connectivity index (χ1n) is 5.42. The van der Waals surface area contributed by atoms with Gasteiger partial charge >= 0.3 is 0 Å². The van der Waals surface area contributed by atoms with E-state index in [1.54, 1.807) is 6.92 Å². The van der Waals surface area contributed by atoms with E-state index in [0.29, 0.717) is 12.5 Å². The second-order valence-electron chi connectivity index (χ2n) is 5.26. The summed E-state index contributed by atoms with van der Waals surface area (Å²) in [6.45, 7) is 8.64. The maximum absolute atomic E-state index is 11.4. The number of Topliss-reactive ketones (excluding diaryl/α,β-unsaturated/α-hetero) is 1. The van der Waals surface area contributed by atoms with Crippen LogP contribution in [0.15, 0.2) is 11.6 Å². The van der Waals surface area contributed by atoms with E-state index in [1.807, 2.05) is 6.08 Å². The smallest absolute Gasteiger partial charge is 0.195 e. The van der Waals surface area contributed by atoms with Crippen LogP contribution in [0.4, 0.5) is 0 Å². The van der Waals surface area contributed by atoms with E-state index in [2.05, 4.69) is 19.6 Å². The summed E-state index contributed by atoms with van der Waals surface area (Å²) < 4.78 is 11.8. The molecule has 0 bridgehead atoms. The molecule has 0 radical (unpaired) electrons. The van der Waals surface area contributed by atoms with Crippen LogP contribution in [0, 0.1) is 5.92 Å². The van der Waals surface area contributed by atoms with Crippen LogP contribution in [-0.4, -0.2) is 26.5 Å². The van der Waals surface area contributed by atoms with Crippen molar-refractivity contribution >= 4 is 14.1 Å². The SMILES string of the molecule is CC(=O)C1=C[C@@H]2CCO[C@]12O[Si](C)(C)C. The minimum absolute atomic E-state index is 0.0754. The van der Waals surface area contributed by atoms with Crippen molar-refractivity contribution in [2.45, 2.75) is 38.8 Å². The number of hydrogen-bond donors (Lipinski definition) is 0. The first-order valence-corrected chi connectivity index (χ1v) is 8.83. The Bertz CT molecular complexity index is 329. The Balaban J connectivity index is 2.25. The van der Waals surface area contributed by atoms with E-state index in [4.69, 9.17) is 9.16 Å². The predicted octanol–water partition coefficient (Wildman–Crippen LogP) is 2.10. The Morgan fingerprint density at radius 2 is 2.27 bits per heavy atom. The summed E-state index contributed by atoms with van der Waals surface area (Å²) >= 11 is 0. The monoisotopic (exact) mass is 226 g/mol. The fourth-order valence-corrected chi connectivity index (χ4v) is 3.53. The van der Waals surface area contributed by atoms with Crippen LogP contribution >= 0.6 is 0 Å². The highest BCUT2D eigenvalue weighted by Crippen LogP contribution is 2.50. The molecule has 4 heteroatoms. The van der Waals surface area contributed by atoms with Crippen LogP contribution in [0.2, 0.25) is 19.6 Å². The summed E-state index contributed by atoms with van der Waals surface area (Å²) in [5.74, 6) is -0.300. The predicted molar refractivity (Wildman–Crippen MR) is 60.0 cm³/mol. The second-order valence-corrected chi connectivity index (χ2v) is 9.69. The van der Waals surface area contributed by atoms with Gasteiger partial charge in [0.1, 0.15) is 0 Å². The maximum Gasteiger partial charge on any atom is 0.195 e. The molecule has 3 nitrogen and oxygen atoms in total. The zero-order valence-corrected chi connectivity index (χ0v) is 10.8. The minimum Gasteiger partial charge on any atom is -0.387 e. The van der Waals surface area contributed by atoms with E-state index in [9.17, 15) is 4.79 Å². The molecular weight excluding hydrogens is 208 g/mol. The molecule has 0 saturated carbocycles. The molecule has 0 spiro atoms. The number of carbonyl (C=O) groups excluding carboxylic acids is 1. The Morgan fingerprint density at radius 1 is 1.60 bits per heavy atom. The topological polar surface area (TPSA) is 35.5 Å². The average Bonchev–Trinajstić information content (AvgIpc) is 2.28. The van der Waals surface area contributed by atoms with Crippen molar-refractivity contribution in [2.24, 2.45) is 5.92 Å². The first kappa shape index (κ1) is 11.0. The quantitative estimate of drug-likeness (QED) is 0.691. The summed E-state index contributed by atoms with van der Waals surface area (Å²) in [6.07, 6.45) is 2.98. The van der Waals surface area contributed by atoms with Crippen molar-refractivity contribution in [3.8, 4) is 0 Å². The van der Waals surface area contributed by atoms with Gasteiger partial charge in [-0.05, 0) is 33.0 Å². The van der Waals surface area contributed by atoms with Gasteiger partial charge in [0.25, 0.3) is 0 Å². The fraction of sp³-hybridized carbons (Fsp3) is 0.727. The Labute approximate surface area is 91.6 Å². The normalized spacial score (nSPS) is 34.4. The Morgan fingerprint density at radius 3 is 2.73 bits per heavy atom. The number of hydrogen-bond acceptors (Lipinski definition) is 3. The lowest BCUT2D eigenvalue weighted by molar-refractivity contribution is -0.162. The largest absolute Gasteiger partial charge is 0.387 e. The molecule has 1 aliphatic heterocycles. The highest BCUT2D eigenvalue weighted by atomic mass is 28.4. The fourth-order valence-electron chi connectivity index (χ4n) is 2.30. The van der Waals surface area contributed by atoms with E-state index in [0.717, 1.165) is 12.0 Å². The van der Waals surface area contributed by atoms with E-state index < -0.39 is 14.1 Å². The van der Waals surface area contributed by atoms with Gasteiger partial charge in [0, 0.05) is 11.5 Å². The Kier molecular flexibility index (Phi) is 2.41. The molecule has 2 rings (SSSR count). The van der Waals surface area contributed by atoms with Gasteiger partial charge in [-0.25, -0.2) is 0 Å². The summed E-state index contributed by atoms with van der Waals surface area (Å²) in [5.41, 5.74) is 0.729. The van der Waals surface area contributed by atoms with Crippen LogP contribution < -0.4 is 0 Å². The van der Waals surface area contributed by atoms with Gasteiger partial charge in [-0.3, -0.25) is 4.79 Å². The summed E-state index contributed by atoms with van der Waals surface area (Å²) in [6, 6.07) is 0. The van der Waals surface area contributed by atoms with Gasteiger partial charge in [0.15, 0.2) is 19.9 Å². The molecule has 1 fully saturated rings. The lowest BCUT2D eigenvalue weighted by atomic mass is 9.77. The van der Waals surface area contributed by atoms with Gasteiger partial charge < -0.3 is 9.16 Å². The second kappa shape index (κ2) is 3.27. The highest BCUT2D eigenvalue weighted by Gasteiger charge is 2.57. The third kappa shape index (κ3) is 1.71. The third-order valence-corrected chi connectivity index (χ3v) is 3.73. The number of fused-ring (bicyclic) bond motifs is 1. The zero-order chi connectivity index (χ0) is 11.3. The van der Waals surface area contributed by atoms with E-state index in [-0.39, 0.29) is 5.78 Å². The number of rotatable bonds is 3.